The number of ether oxygens (including phenoxy) is 2. The summed E-state index contributed by atoms with van der Waals surface area (Å²) in [6.45, 7) is 3.38. The minimum Gasteiger partial charge on any atom is -0.493 e. The zero-order valence-electron chi connectivity index (χ0n) is 15.1. The maximum atomic E-state index is 13.6. The van der Waals surface area contributed by atoms with Gasteiger partial charge in [0.2, 0.25) is 6.41 Å². The van der Waals surface area contributed by atoms with Crippen LogP contribution >= 0.6 is 0 Å². The molecule has 9 heteroatoms. The minimum atomic E-state index is -1.42. The third-order valence-corrected chi connectivity index (χ3v) is 3.69. The summed E-state index contributed by atoms with van der Waals surface area (Å²) in [7, 11) is 1.33. The summed E-state index contributed by atoms with van der Waals surface area (Å²) in [4.78, 5) is 34.9. The molecule has 1 rings (SSSR count). The Balaban J connectivity index is 3.29. The van der Waals surface area contributed by atoms with Crippen molar-refractivity contribution in [1.82, 2.24) is 4.90 Å². The van der Waals surface area contributed by atoms with E-state index >= 15 is 0 Å². The molecule has 1 aromatic carbocycles. The number of nitro benzene ring substituents is 1. The van der Waals surface area contributed by atoms with Crippen LogP contribution < -0.4 is 9.47 Å². The highest BCUT2D eigenvalue weighted by atomic mass is 19.1. The lowest BCUT2D eigenvalue weighted by Crippen LogP contribution is -2.35. The molecule has 144 valence electrons. The standard InChI is InChI=1S/C17H23FN2O6/c1-4-6-7-26-16-9-14(20(23)24)13(8-15(16)25-3)17(22)19(11-21)10-12(18)5-2/h8-9,11-12H,4-7,10H2,1-3H3/t12-/m1/s1. The highest BCUT2D eigenvalue weighted by Crippen LogP contribution is 2.35. The number of nitro groups is 1. The normalized spacial score (nSPS) is 11.5. The number of imide groups is 1. The number of carbonyl (C=O) groups excluding carboxylic acids is 2. The topological polar surface area (TPSA) is 99.0 Å². The van der Waals surface area contributed by atoms with Crippen LogP contribution in [0.2, 0.25) is 0 Å². The van der Waals surface area contributed by atoms with Crippen LogP contribution in [0.3, 0.4) is 0 Å². The molecule has 0 aliphatic rings. The smallest absolute Gasteiger partial charge is 0.286 e. The molecular formula is C17H23FN2O6. The maximum Gasteiger partial charge on any atom is 0.286 e. The average Bonchev–Trinajstić information content (AvgIpc) is 2.64. The van der Waals surface area contributed by atoms with Crippen molar-refractivity contribution in [3.63, 3.8) is 0 Å². The van der Waals surface area contributed by atoms with Crippen LogP contribution in [0.15, 0.2) is 12.1 Å². The number of nitrogens with zero attached hydrogens (tertiary/aromatic N) is 2. The largest absolute Gasteiger partial charge is 0.493 e. The molecule has 0 saturated carbocycles. The van der Waals surface area contributed by atoms with Crippen LogP contribution in [0.5, 0.6) is 11.5 Å². The van der Waals surface area contributed by atoms with Gasteiger partial charge in [-0.1, -0.05) is 20.3 Å². The Morgan fingerprint density at radius 1 is 1.38 bits per heavy atom. The zero-order valence-corrected chi connectivity index (χ0v) is 15.1. The second kappa shape index (κ2) is 10.3. The first kappa shape index (κ1) is 21.3. The lowest BCUT2D eigenvalue weighted by molar-refractivity contribution is -0.385. The lowest BCUT2D eigenvalue weighted by Gasteiger charge is -2.18. The molecule has 0 unspecified atom stereocenters. The third kappa shape index (κ3) is 5.40. The van der Waals surface area contributed by atoms with Gasteiger partial charge in [-0.25, -0.2) is 4.39 Å². The van der Waals surface area contributed by atoms with E-state index in [1.54, 1.807) is 6.92 Å². The molecule has 1 atom stereocenters. The minimum absolute atomic E-state index is 0.104. The van der Waals surface area contributed by atoms with Crippen LogP contribution in [-0.2, 0) is 4.79 Å². The van der Waals surface area contributed by atoms with E-state index in [0.717, 1.165) is 25.0 Å². The predicted molar refractivity (Wildman–Crippen MR) is 92.3 cm³/mol. The molecule has 0 radical (unpaired) electrons. The SMILES string of the molecule is CCCCOc1cc([N+](=O)[O-])c(C(=O)N(C=O)C[C@H](F)CC)cc1OC. The van der Waals surface area contributed by atoms with Crippen molar-refractivity contribution in [3.8, 4) is 11.5 Å². The number of unbranched alkanes of at least 4 members (excludes halogenated alkanes) is 1. The van der Waals surface area contributed by atoms with Gasteiger partial charge in [0.1, 0.15) is 11.7 Å². The number of carbonyl (C=O) groups is 2. The highest BCUT2D eigenvalue weighted by molar-refractivity contribution is 6.03. The molecule has 0 spiro atoms. The number of hydrogen-bond donors (Lipinski definition) is 0. The molecule has 0 aliphatic carbocycles. The van der Waals surface area contributed by atoms with Gasteiger partial charge in [0, 0.05) is 6.07 Å². The average molecular weight is 370 g/mol. The highest BCUT2D eigenvalue weighted by Gasteiger charge is 2.29. The summed E-state index contributed by atoms with van der Waals surface area (Å²) < 4.78 is 24.2. The van der Waals surface area contributed by atoms with Crippen molar-refractivity contribution in [1.29, 1.82) is 0 Å². The number of methoxy groups -OCH3 is 1. The van der Waals surface area contributed by atoms with Gasteiger partial charge < -0.3 is 9.47 Å². The monoisotopic (exact) mass is 370 g/mol. The van der Waals surface area contributed by atoms with Crippen molar-refractivity contribution in [3.05, 3.63) is 27.8 Å². The van der Waals surface area contributed by atoms with E-state index in [4.69, 9.17) is 9.47 Å². The van der Waals surface area contributed by atoms with E-state index < -0.39 is 29.2 Å². The van der Waals surface area contributed by atoms with Gasteiger partial charge in [-0.05, 0) is 12.8 Å². The Morgan fingerprint density at radius 3 is 2.58 bits per heavy atom. The predicted octanol–water partition coefficient (Wildman–Crippen LogP) is 3.13. The van der Waals surface area contributed by atoms with E-state index in [2.05, 4.69) is 0 Å². The molecule has 26 heavy (non-hydrogen) atoms. The molecule has 0 saturated heterocycles. The fourth-order valence-corrected chi connectivity index (χ4v) is 2.14. The van der Waals surface area contributed by atoms with Gasteiger partial charge in [0.15, 0.2) is 11.5 Å². The number of amides is 2. The maximum absolute atomic E-state index is 13.6. The van der Waals surface area contributed by atoms with E-state index in [1.807, 2.05) is 6.92 Å². The summed E-state index contributed by atoms with van der Waals surface area (Å²) >= 11 is 0. The van der Waals surface area contributed by atoms with Crippen LogP contribution in [-0.4, -0.2) is 48.6 Å². The van der Waals surface area contributed by atoms with Gasteiger partial charge in [-0.2, -0.15) is 0 Å². The Bertz CT molecular complexity index is 652. The molecule has 1 aromatic rings. The fourth-order valence-electron chi connectivity index (χ4n) is 2.14. The second-order valence-electron chi connectivity index (χ2n) is 5.55. The summed E-state index contributed by atoms with van der Waals surface area (Å²) in [5, 5.41) is 11.4. The number of halogens is 1. The van der Waals surface area contributed by atoms with E-state index in [-0.39, 0.29) is 29.9 Å². The molecule has 8 nitrogen and oxygen atoms in total. The molecule has 0 N–H and O–H groups in total. The van der Waals surface area contributed by atoms with E-state index in [1.165, 1.54) is 7.11 Å². The van der Waals surface area contributed by atoms with E-state index in [0.29, 0.717) is 11.5 Å². The van der Waals surface area contributed by atoms with Crippen LogP contribution in [0, 0.1) is 10.1 Å². The number of rotatable bonds is 11. The summed E-state index contributed by atoms with van der Waals surface area (Å²) in [6, 6.07) is 2.22. The first-order chi connectivity index (χ1) is 12.4. The first-order valence-electron chi connectivity index (χ1n) is 8.29. The van der Waals surface area contributed by atoms with Crippen molar-refractivity contribution in [2.24, 2.45) is 0 Å². The Labute approximate surface area is 151 Å². The lowest BCUT2D eigenvalue weighted by atomic mass is 10.1. The van der Waals surface area contributed by atoms with Gasteiger partial charge in [0.25, 0.3) is 11.6 Å². The van der Waals surface area contributed by atoms with Gasteiger partial charge in [-0.15, -0.1) is 0 Å². The number of alkyl halides is 1. The molecule has 0 heterocycles. The van der Waals surface area contributed by atoms with Crippen LogP contribution in [0.1, 0.15) is 43.5 Å². The number of benzene rings is 1. The summed E-state index contributed by atoms with van der Waals surface area (Å²) in [6.07, 6.45) is 0.462. The van der Waals surface area contributed by atoms with Crippen LogP contribution in [0.4, 0.5) is 10.1 Å². The van der Waals surface area contributed by atoms with Crippen molar-refractivity contribution < 1.29 is 28.4 Å². The van der Waals surface area contributed by atoms with Crippen molar-refractivity contribution in [2.75, 3.05) is 20.3 Å². The Hall–Kier alpha value is -2.71. The molecular weight excluding hydrogens is 347 g/mol. The Morgan fingerprint density at radius 2 is 2.08 bits per heavy atom. The quantitative estimate of drug-likeness (QED) is 0.257. The van der Waals surface area contributed by atoms with E-state index in [9.17, 15) is 24.1 Å². The van der Waals surface area contributed by atoms with Crippen molar-refractivity contribution in [2.45, 2.75) is 39.3 Å². The van der Waals surface area contributed by atoms with Crippen molar-refractivity contribution >= 4 is 18.0 Å². The molecule has 0 aliphatic heterocycles. The molecule has 2 amide bonds. The Kier molecular flexibility index (Phi) is 8.47. The molecule has 0 bridgehead atoms. The van der Waals surface area contributed by atoms with Gasteiger partial charge in [0.05, 0.1) is 31.3 Å². The van der Waals surface area contributed by atoms with Gasteiger partial charge in [-0.3, -0.25) is 24.6 Å². The molecule has 0 aromatic heterocycles. The third-order valence-electron chi connectivity index (χ3n) is 3.69. The molecule has 0 fully saturated rings. The zero-order chi connectivity index (χ0) is 19.7. The van der Waals surface area contributed by atoms with Crippen LogP contribution in [0.25, 0.3) is 0 Å². The second-order valence-corrected chi connectivity index (χ2v) is 5.55. The number of hydrogen-bond acceptors (Lipinski definition) is 6. The van der Waals surface area contributed by atoms with Gasteiger partial charge >= 0.3 is 0 Å². The fraction of sp³-hybridized carbons (Fsp3) is 0.529. The summed E-state index contributed by atoms with van der Waals surface area (Å²) in [5.74, 6) is -0.729. The summed E-state index contributed by atoms with van der Waals surface area (Å²) in [5.41, 5.74) is -0.911. The first-order valence-corrected chi connectivity index (χ1v) is 8.29.